The Bertz CT molecular complexity index is 596. The molecule has 2 heterocycles. The Balaban J connectivity index is 2.21. The van der Waals surface area contributed by atoms with Gasteiger partial charge >= 0.3 is 0 Å². The first-order valence-corrected chi connectivity index (χ1v) is 4.53. The number of nitrogens with zero attached hydrogens (tertiary/aromatic N) is 1. The van der Waals surface area contributed by atoms with Gasteiger partial charge in [0.05, 0.1) is 6.20 Å². The van der Waals surface area contributed by atoms with Gasteiger partial charge in [-0.05, 0) is 18.2 Å². The second-order valence-corrected chi connectivity index (χ2v) is 3.32. The van der Waals surface area contributed by atoms with Crippen molar-refractivity contribution in [1.29, 1.82) is 0 Å². The first kappa shape index (κ1) is 8.11. The molecule has 0 unspecified atom stereocenters. The SMILES string of the molecule is Oc1cc2cc(-c3cnco3)ccc2[nH]1. The van der Waals surface area contributed by atoms with E-state index < -0.39 is 0 Å². The Hall–Kier alpha value is -2.23. The summed E-state index contributed by atoms with van der Waals surface area (Å²) in [7, 11) is 0. The zero-order chi connectivity index (χ0) is 10.3. The molecule has 2 aromatic heterocycles. The van der Waals surface area contributed by atoms with E-state index in [2.05, 4.69) is 9.97 Å². The molecule has 0 fully saturated rings. The van der Waals surface area contributed by atoms with Gasteiger partial charge < -0.3 is 14.5 Å². The molecule has 3 aromatic rings. The van der Waals surface area contributed by atoms with E-state index in [1.165, 1.54) is 6.39 Å². The highest BCUT2D eigenvalue weighted by molar-refractivity contribution is 5.85. The van der Waals surface area contributed by atoms with E-state index in [1.54, 1.807) is 12.3 Å². The van der Waals surface area contributed by atoms with Crippen LogP contribution in [0.3, 0.4) is 0 Å². The standard InChI is InChI=1S/C11H8N2O2/c14-11-4-8-3-7(1-2-9(8)13-11)10-5-12-6-15-10/h1-6,13-14H. The van der Waals surface area contributed by atoms with E-state index in [1.807, 2.05) is 18.2 Å². The Morgan fingerprint density at radius 1 is 1.27 bits per heavy atom. The van der Waals surface area contributed by atoms with Gasteiger partial charge in [0.25, 0.3) is 0 Å². The fourth-order valence-corrected chi connectivity index (χ4v) is 1.63. The van der Waals surface area contributed by atoms with E-state index in [-0.39, 0.29) is 5.88 Å². The van der Waals surface area contributed by atoms with Crippen LogP contribution in [-0.4, -0.2) is 15.1 Å². The minimum atomic E-state index is 0.166. The number of hydrogen-bond acceptors (Lipinski definition) is 3. The Morgan fingerprint density at radius 3 is 3.00 bits per heavy atom. The minimum Gasteiger partial charge on any atom is -0.495 e. The van der Waals surface area contributed by atoms with Crippen LogP contribution in [0, 0.1) is 0 Å². The van der Waals surface area contributed by atoms with Crippen LogP contribution in [0.5, 0.6) is 5.88 Å². The van der Waals surface area contributed by atoms with Crippen LogP contribution in [0.15, 0.2) is 41.3 Å². The molecule has 4 heteroatoms. The van der Waals surface area contributed by atoms with Crippen molar-refractivity contribution in [3.05, 3.63) is 36.9 Å². The summed E-state index contributed by atoms with van der Waals surface area (Å²) in [4.78, 5) is 6.70. The molecule has 15 heavy (non-hydrogen) atoms. The predicted molar refractivity (Wildman–Crippen MR) is 55.5 cm³/mol. The summed E-state index contributed by atoms with van der Waals surface area (Å²) in [6.07, 6.45) is 3.06. The zero-order valence-corrected chi connectivity index (χ0v) is 7.77. The molecule has 4 nitrogen and oxygen atoms in total. The topological polar surface area (TPSA) is 62.1 Å². The average Bonchev–Trinajstić information content (AvgIpc) is 2.82. The molecule has 0 atom stereocenters. The van der Waals surface area contributed by atoms with Gasteiger partial charge in [-0.2, -0.15) is 0 Å². The van der Waals surface area contributed by atoms with Gasteiger partial charge in [-0.25, -0.2) is 4.98 Å². The predicted octanol–water partition coefficient (Wildman–Crippen LogP) is 2.53. The lowest BCUT2D eigenvalue weighted by Gasteiger charge is -1.95. The first-order valence-electron chi connectivity index (χ1n) is 4.53. The molecule has 0 amide bonds. The van der Waals surface area contributed by atoms with Gasteiger partial charge in [-0.15, -0.1) is 0 Å². The van der Waals surface area contributed by atoms with Crippen LogP contribution in [0.1, 0.15) is 0 Å². The van der Waals surface area contributed by atoms with Crippen molar-refractivity contribution >= 4 is 10.9 Å². The lowest BCUT2D eigenvalue weighted by molar-refractivity contribution is 0.458. The summed E-state index contributed by atoms with van der Waals surface area (Å²) >= 11 is 0. The molecule has 0 radical (unpaired) electrons. The molecular formula is C11H8N2O2. The van der Waals surface area contributed by atoms with Gasteiger partial charge in [0.15, 0.2) is 18.0 Å². The number of aromatic amines is 1. The third-order valence-corrected chi connectivity index (χ3v) is 2.32. The molecule has 0 spiro atoms. The summed E-state index contributed by atoms with van der Waals surface area (Å²) in [5.74, 6) is 0.886. The van der Waals surface area contributed by atoms with Crippen molar-refractivity contribution in [1.82, 2.24) is 9.97 Å². The number of oxazole rings is 1. The molecule has 74 valence electrons. The maximum atomic E-state index is 9.29. The highest BCUT2D eigenvalue weighted by atomic mass is 16.3. The number of fused-ring (bicyclic) bond motifs is 1. The maximum Gasteiger partial charge on any atom is 0.189 e. The molecule has 2 N–H and O–H groups in total. The van der Waals surface area contributed by atoms with Gasteiger partial charge in [0.1, 0.15) is 0 Å². The monoisotopic (exact) mass is 200 g/mol. The number of hydrogen-bond donors (Lipinski definition) is 2. The number of benzene rings is 1. The van der Waals surface area contributed by atoms with Crippen LogP contribution in [-0.2, 0) is 0 Å². The van der Waals surface area contributed by atoms with Crippen LogP contribution in [0.25, 0.3) is 22.2 Å². The van der Waals surface area contributed by atoms with Crippen molar-refractivity contribution in [3.63, 3.8) is 0 Å². The average molecular weight is 200 g/mol. The Kier molecular flexibility index (Phi) is 1.56. The molecule has 0 bridgehead atoms. The Morgan fingerprint density at radius 2 is 2.20 bits per heavy atom. The van der Waals surface area contributed by atoms with E-state index in [0.29, 0.717) is 0 Å². The highest BCUT2D eigenvalue weighted by Gasteiger charge is 2.04. The number of H-pyrrole nitrogens is 1. The Labute approximate surface area is 85.2 Å². The third kappa shape index (κ3) is 1.27. The van der Waals surface area contributed by atoms with E-state index >= 15 is 0 Å². The fourth-order valence-electron chi connectivity index (χ4n) is 1.63. The van der Waals surface area contributed by atoms with E-state index in [9.17, 15) is 5.11 Å². The zero-order valence-electron chi connectivity index (χ0n) is 7.77. The summed E-state index contributed by atoms with van der Waals surface area (Å²) in [6.45, 7) is 0. The minimum absolute atomic E-state index is 0.166. The third-order valence-electron chi connectivity index (χ3n) is 2.32. The number of rotatable bonds is 1. The second kappa shape index (κ2) is 2.88. The number of nitrogens with one attached hydrogen (secondary N) is 1. The molecule has 1 aromatic carbocycles. The number of aromatic hydroxyl groups is 1. The molecule has 3 rings (SSSR count). The summed E-state index contributed by atoms with van der Waals surface area (Å²) in [5, 5.41) is 10.2. The van der Waals surface area contributed by atoms with Crippen LogP contribution in [0.4, 0.5) is 0 Å². The van der Waals surface area contributed by atoms with Gasteiger partial charge in [-0.3, -0.25) is 0 Å². The first-order chi connectivity index (χ1) is 7.33. The quantitative estimate of drug-likeness (QED) is 0.634. The molecule has 0 saturated carbocycles. The number of aromatic nitrogens is 2. The van der Waals surface area contributed by atoms with E-state index in [4.69, 9.17) is 4.42 Å². The molecular weight excluding hydrogens is 192 g/mol. The molecule has 0 saturated heterocycles. The fraction of sp³-hybridized carbons (Fsp3) is 0. The lowest BCUT2D eigenvalue weighted by Crippen LogP contribution is -1.73. The second-order valence-electron chi connectivity index (χ2n) is 3.32. The van der Waals surface area contributed by atoms with Crippen LogP contribution in [0.2, 0.25) is 0 Å². The van der Waals surface area contributed by atoms with Gasteiger partial charge in [-0.1, -0.05) is 0 Å². The van der Waals surface area contributed by atoms with Gasteiger partial charge in [0.2, 0.25) is 0 Å². The normalized spacial score (nSPS) is 10.9. The van der Waals surface area contributed by atoms with Gasteiger partial charge in [0, 0.05) is 22.5 Å². The largest absolute Gasteiger partial charge is 0.495 e. The lowest BCUT2D eigenvalue weighted by atomic mass is 10.1. The van der Waals surface area contributed by atoms with Crippen LogP contribution < -0.4 is 0 Å². The molecule has 0 aliphatic heterocycles. The van der Waals surface area contributed by atoms with Crippen molar-refractivity contribution in [2.24, 2.45) is 0 Å². The van der Waals surface area contributed by atoms with Crippen molar-refractivity contribution < 1.29 is 9.52 Å². The van der Waals surface area contributed by atoms with Crippen LogP contribution >= 0.6 is 0 Å². The summed E-state index contributed by atoms with van der Waals surface area (Å²) in [5.41, 5.74) is 1.84. The van der Waals surface area contributed by atoms with Crippen molar-refractivity contribution in [2.45, 2.75) is 0 Å². The van der Waals surface area contributed by atoms with Crippen molar-refractivity contribution in [2.75, 3.05) is 0 Å². The molecule has 0 aliphatic rings. The molecule has 0 aliphatic carbocycles. The maximum absolute atomic E-state index is 9.29. The summed E-state index contributed by atoms with van der Waals surface area (Å²) in [6, 6.07) is 7.42. The summed E-state index contributed by atoms with van der Waals surface area (Å²) < 4.78 is 5.19. The van der Waals surface area contributed by atoms with Crippen molar-refractivity contribution in [3.8, 4) is 17.2 Å². The van der Waals surface area contributed by atoms with E-state index in [0.717, 1.165) is 22.2 Å². The highest BCUT2D eigenvalue weighted by Crippen LogP contribution is 2.26. The smallest absolute Gasteiger partial charge is 0.189 e.